The average Bonchev–Trinajstić information content (AvgIpc) is 3.57. The van der Waals surface area contributed by atoms with Crippen LogP contribution in [0.1, 0.15) is 31.8 Å². The van der Waals surface area contributed by atoms with Gasteiger partial charge in [-0.15, -0.1) is 0 Å². The van der Waals surface area contributed by atoms with Gasteiger partial charge in [0.25, 0.3) is 11.8 Å². The molecule has 1 aliphatic rings. The molecule has 1 atom stereocenters. The number of rotatable bonds is 9. The highest BCUT2D eigenvalue weighted by Crippen LogP contribution is 2.23. The lowest BCUT2D eigenvalue weighted by atomic mass is 10.1. The molecule has 0 fully saturated rings. The Morgan fingerprint density at radius 3 is 2.14 bits per heavy atom. The summed E-state index contributed by atoms with van der Waals surface area (Å²) in [6.07, 6.45) is -9.66. The lowest BCUT2D eigenvalue weighted by Crippen LogP contribution is -2.47. The van der Waals surface area contributed by atoms with Gasteiger partial charge in [0.15, 0.2) is 0 Å². The summed E-state index contributed by atoms with van der Waals surface area (Å²) in [7, 11) is 0. The molecule has 13 nitrogen and oxygen atoms in total. The Balaban J connectivity index is 0.000000277. The fourth-order valence-electron chi connectivity index (χ4n) is 4.23. The quantitative estimate of drug-likeness (QED) is 0.144. The maximum Gasteiger partial charge on any atom is 0.491 e. The number of amides is 3. The number of carbonyl (C=O) groups is 6. The number of para-hydroxylation sites is 1. The summed E-state index contributed by atoms with van der Waals surface area (Å²) < 4.78 is 80.3. The molecule has 0 radical (unpaired) electrons. The van der Waals surface area contributed by atoms with E-state index in [0.29, 0.717) is 5.56 Å². The predicted molar refractivity (Wildman–Crippen MR) is 166 cm³/mol. The number of halogens is 6. The van der Waals surface area contributed by atoms with Gasteiger partial charge in [-0.2, -0.15) is 26.3 Å². The maximum absolute atomic E-state index is 12.8. The monoisotopic (exact) mass is 725 g/mol. The summed E-state index contributed by atoms with van der Waals surface area (Å²) >= 11 is 0. The molecule has 3 aromatic rings. The zero-order valence-electron chi connectivity index (χ0n) is 26.2. The molecule has 0 saturated heterocycles. The number of imide groups is 1. The standard InChI is InChI=1S/C18H15F3N2O4.C14H14F3N3O4/c19-18(20,21)17(26)27-15(24)11-23(14-7-2-1-3-8-14)16(25)13-6-4-5-12(9-13)10-22;15-14(16,17)13(23)24-6-9(18)12(22)20-11(21)8-2-1-7-3-4-19-10(7)5-8/h1-9H,10-11,22H2;1-2,5,9,19H,3-4,6,18H2,(H,20,21,22)/t;9-/m.0/s1. The van der Waals surface area contributed by atoms with Crippen LogP contribution >= 0.6 is 0 Å². The Morgan fingerprint density at radius 2 is 1.51 bits per heavy atom. The van der Waals surface area contributed by atoms with E-state index in [1.807, 2.05) is 5.32 Å². The Labute approximate surface area is 284 Å². The minimum absolute atomic E-state index is 0.175. The molecule has 4 rings (SSSR count). The first-order valence-electron chi connectivity index (χ1n) is 14.6. The van der Waals surface area contributed by atoms with Gasteiger partial charge in [0.2, 0.25) is 5.91 Å². The molecule has 19 heteroatoms. The number of esters is 3. The van der Waals surface area contributed by atoms with Gasteiger partial charge in [-0.1, -0.05) is 36.4 Å². The van der Waals surface area contributed by atoms with Crippen LogP contribution in [0.15, 0.2) is 72.8 Å². The van der Waals surface area contributed by atoms with E-state index in [0.717, 1.165) is 29.1 Å². The van der Waals surface area contributed by atoms with Crippen LogP contribution in [0, 0.1) is 0 Å². The van der Waals surface area contributed by atoms with Crippen molar-refractivity contribution in [3.63, 3.8) is 0 Å². The summed E-state index contributed by atoms with van der Waals surface area (Å²) in [5.41, 5.74) is 13.9. The van der Waals surface area contributed by atoms with Crippen LogP contribution in [-0.4, -0.2) is 73.7 Å². The molecule has 0 unspecified atom stereocenters. The molecule has 0 saturated carbocycles. The summed E-state index contributed by atoms with van der Waals surface area (Å²) in [4.78, 5) is 70.5. The summed E-state index contributed by atoms with van der Waals surface area (Å²) in [6, 6.07) is 17.3. The second kappa shape index (κ2) is 17.2. The van der Waals surface area contributed by atoms with Crippen molar-refractivity contribution in [3.8, 4) is 0 Å². The number of anilines is 2. The molecule has 0 spiro atoms. The first kappa shape index (κ1) is 39.6. The lowest BCUT2D eigenvalue weighted by molar-refractivity contribution is -0.201. The summed E-state index contributed by atoms with van der Waals surface area (Å²) in [5, 5.41) is 5.01. The van der Waals surface area contributed by atoms with Crippen molar-refractivity contribution in [2.45, 2.75) is 31.4 Å². The van der Waals surface area contributed by atoms with Crippen molar-refractivity contribution >= 4 is 47.0 Å². The van der Waals surface area contributed by atoms with Crippen molar-refractivity contribution in [2.75, 3.05) is 29.9 Å². The Hall–Kier alpha value is -5.82. The second-order valence-electron chi connectivity index (χ2n) is 10.5. The normalized spacial score (nSPS) is 12.5. The molecule has 51 heavy (non-hydrogen) atoms. The van der Waals surface area contributed by atoms with E-state index in [2.05, 4.69) is 14.8 Å². The van der Waals surface area contributed by atoms with Gasteiger partial charge >= 0.3 is 30.3 Å². The number of ether oxygens (including phenoxy) is 2. The smallest absolute Gasteiger partial charge is 0.457 e. The Bertz CT molecular complexity index is 1770. The van der Waals surface area contributed by atoms with Crippen LogP contribution < -0.4 is 27.0 Å². The molecule has 0 bridgehead atoms. The van der Waals surface area contributed by atoms with Crippen molar-refractivity contribution in [3.05, 3.63) is 95.1 Å². The van der Waals surface area contributed by atoms with E-state index in [1.54, 1.807) is 42.5 Å². The van der Waals surface area contributed by atoms with E-state index in [1.165, 1.54) is 30.3 Å². The average molecular weight is 726 g/mol. The fraction of sp³-hybridized carbons (Fsp3) is 0.250. The molecule has 1 aliphatic heterocycles. The first-order chi connectivity index (χ1) is 23.9. The molecule has 3 amide bonds. The van der Waals surface area contributed by atoms with E-state index in [4.69, 9.17) is 11.5 Å². The third kappa shape index (κ3) is 11.6. The van der Waals surface area contributed by atoms with E-state index in [9.17, 15) is 55.1 Å². The largest absolute Gasteiger partial charge is 0.491 e. The zero-order chi connectivity index (χ0) is 37.9. The highest BCUT2D eigenvalue weighted by molar-refractivity contribution is 6.09. The van der Waals surface area contributed by atoms with Crippen molar-refractivity contribution in [1.29, 1.82) is 0 Å². The predicted octanol–water partition coefficient (Wildman–Crippen LogP) is 2.77. The van der Waals surface area contributed by atoms with Crippen molar-refractivity contribution in [1.82, 2.24) is 5.32 Å². The van der Waals surface area contributed by atoms with E-state index in [-0.39, 0.29) is 23.4 Å². The number of nitrogens with two attached hydrogens (primary N) is 2. The number of carbonyl (C=O) groups excluding carboxylic acids is 6. The second-order valence-corrected chi connectivity index (χ2v) is 10.5. The van der Waals surface area contributed by atoms with Gasteiger partial charge in [0, 0.05) is 35.6 Å². The highest BCUT2D eigenvalue weighted by atomic mass is 19.4. The maximum atomic E-state index is 12.8. The number of hydrogen-bond donors (Lipinski definition) is 4. The van der Waals surface area contributed by atoms with Gasteiger partial charge < -0.3 is 26.3 Å². The number of hydrogen-bond acceptors (Lipinski definition) is 11. The molecule has 0 aromatic heterocycles. The molecular weight excluding hydrogens is 696 g/mol. The lowest BCUT2D eigenvalue weighted by Gasteiger charge is -2.22. The zero-order valence-corrected chi connectivity index (χ0v) is 26.2. The molecule has 0 aliphatic carbocycles. The minimum atomic E-state index is -5.31. The number of alkyl halides is 6. The molecular formula is C32H29F6N5O8. The van der Waals surface area contributed by atoms with Crippen molar-refractivity contribution < 1.29 is 64.6 Å². The van der Waals surface area contributed by atoms with Crippen LogP contribution in [0.3, 0.4) is 0 Å². The minimum Gasteiger partial charge on any atom is -0.457 e. The van der Waals surface area contributed by atoms with E-state index < -0.39 is 67.2 Å². The molecule has 6 N–H and O–H groups in total. The molecule has 3 aromatic carbocycles. The number of benzene rings is 3. The van der Waals surface area contributed by atoms with Gasteiger partial charge in [-0.25, -0.2) is 14.4 Å². The third-order valence-corrected chi connectivity index (χ3v) is 6.73. The molecule has 1 heterocycles. The van der Waals surface area contributed by atoms with Gasteiger partial charge in [-0.3, -0.25) is 24.6 Å². The SMILES string of the molecule is NCc1cccc(C(=O)N(CC(=O)OC(=O)C(F)(F)F)c2ccccc2)c1.N[C@@H](COC(=O)C(F)(F)F)C(=O)NC(=O)c1ccc2c(c1)NCC2. The Kier molecular flexibility index (Phi) is 13.4. The number of fused-ring (bicyclic) bond motifs is 1. The van der Waals surface area contributed by atoms with Crippen LogP contribution in [0.2, 0.25) is 0 Å². The van der Waals surface area contributed by atoms with Gasteiger partial charge in [-0.05, 0) is 53.9 Å². The van der Waals surface area contributed by atoms with Gasteiger partial charge in [0.05, 0.1) is 0 Å². The topological polar surface area (TPSA) is 200 Å². The summed E-state index contributed by atoms with van der Waals surface area (Å²) in [5.74, 6) is -9.07. The highest BCUT2D eigenvalue weighted by Gasteiger charge is 2.43. The fourth-order valence-corrected chi connectivity index (χ4v) is 4.23. The number of nitrogens with one attached hydrogen (secondary N) is 2. The van der Waals surface area contributed by atoms with Crippen molar-refractivity contribution in [2.24, 2.45) is 11.5 Å². The summed E-state index contributed by atoms with van der Waals surface area (Å²) in [6.45, 7) is -0.954. The Morgan fingerprint density at radius 1 is 0.843 bits per heavy atom. The van der Waals surface area contributed by atoms with E-state index >= 15 is 0 Å². The first-order valence-corrected chi connectivity index (χ1v) is 14.6. The van der Waals surface area contributed by atoms with Crippen LogP contribution in [0.5, 0.6) is 0 Å². The van der Waals surface area contributed by atoms with Crippen LogP contribution in [-0.2, 0) is 41.6 Å². The third-order valence-electron chi connectivity index (χ3n) is 6.73. The van der Waals surface area contributed by atoms with Gasteiger partial charge in [0.1, 0.15) is 19.2 Å². The van der Waals surface area contributed by atoms with Crippen LogP contribution in [0.4, 0.5) is 37.7 Å². The van der Waals surface area contributed by atoms with Crippen LogP contribution in [0.25, 0.3) is 0 Å². The number of nitrogens with zero attached hydrogens (tertiary/aromatic N) is 1. The molecule has 272 valence electrons.